The van der Waals surface area contributed by atoms with E-state index in [1.54, 1.807) is 6.07 Å². The smallest absolute Gasteiger partial charge is 0 e. The van der Waals surface area contributed by atoms with Crippen molar-refractivity contribution in [1.82, 2.24) is 0 Å². The first-order valence-corrected chi connectivity index (χ1v) is 37.4. The van der Waals surface area contributed by atoms with E-state index in [1.165, 1.54) is 69.2 Å². The molecule has 61 heavy (non-hydrogen) atoms. The first-order chi connectivity index (χ1) is 27.7. The van der Waals surface area contributed by atoms with Gasteiger partial charge in [-0.25, -0.2) is 24.3 Å². The van der Waals surface area contributed by atoms with E-state index in [1.807, 2.05) is 30.3 Å². The molecule has 0 bridgehead atoms. The fourth-order valence-electron chi connectivity index (χ4n) is 0.501. The van der Waals surface area contributed by atoms with Gasteiger partial charge in [-0.2, -0.15) is 36.4 Å². The molecule has 2 aromatic rings. The van der Waals surface area contributed by atoms with Crippen molar-refractivity contribution in [2.45, 2.75) is 69.2 Å². The quantitative estimate of drug-likeness (QED) is 0.270. The fraction of sp³-hybridized carbons (Fsp3) is 0.333. The monoisotopic (exact) mass is 2840 g/mol. The number of carbonyl (C=O) groups excluding carboxylic acids is 10. The Morgan fingerprint density at radius 1 is 0.328 bits per heavy atom. The summed E-state index contributed by atoms with van der Waals surface area (Å²) in [5.41, 5.74) is 0. The van der Waals surface area contributed by atoms with Crippen LogP contribution in [0.25, 0.3) is 0 Å². The van der Waals surface area contributed by atoms with E-state index in [9.17, 15) is 47.9 Å². The first-order valence-electron chi connectivity index (χ1n) is 15.0. The summed E-state index contributed by atoms with van der Waals surface area (Å²) in [7, 11) is 0. The van der Waals surface area contributed by atoms with Crippen LogP contribution in [0.15, 0.2) is 36.4 Å². The van der Waals surface area contributed by atoms with Gasteiger partial charge in [0.1, 0.15) is 0 Å². The van der Waals surface area contributed by atoms with Crippen LogP contribution in [-0.2, 0) is 360 Å². The molecule has 0 atom stereocenters. The van der Waals surface area contributed by atoms with Crippen LogP contribution in [-0.4, -0.2) is 59.7 Å². The second-order valence-electron chi connectivity index (χ2n) is 8.00. The summed E-state index contributed by atoms with van der Waals surface area (Å²) in [6.07, 6.45) is 0. The molecule has 2 aromatic carbocycles. The largest absolute Gasteiger partial charge is 0.238 e. The van der Waals surface area contributed by atoms with E-state index < -0.39 is 0 Å². The Morgan fingerprint density at radius 3 is 0.475 bits per heavy atom. The van der Waals surface area contributed by atoms with Crippen LogP contribution in [0.4, 0.5) is 0 Å². The summed E-state index contributed by atoms with van der Waals surface area (Å²) in [5, 5.41) is 0. The molecule has 31 heteroatoms. The Balaban J connectivity index is -0.0000000496. The van der Waals surface area contributed by atoms with E-state index in [4.69, 9.17) is 0 Å². The topological polar surface area (TPSA) is 263 Å². The molecule has 20 nitrogen and oxygen atoms in total. The van der Waals surface area contributed by atoms with Gasteiger partial charge in [-0.05, 0) is 0 Å². The van der Waals surface area contributed by atoms with Crippen molar-refractivity contribution in [2.75, 3.05) is 0 Å². The molecule has 4 radical (unpaired) electrons. The van der Waals surface area contributed by atoms with Gasteiger partial charge in [-0.15, -0.1) is 0 Å². The van der Waals surface area contributed by atoms with Crippen molar-refractivity contribution in [3.8, 4) is 0 Å². The molecule has 0 amide bonds. The molecule has 0 aliphatic heterocycles. The zero-order chi connectivity index (χ0) is 49.9. The zero-order valence-corrected chi connectivity index (χ0v) is 92.8. The molecule has 296 valence electrons. The maximum atomic E-state index is 9.64. The average molecular weight is 2820 g/mol. The van der Waals surface area contributed by atoms with Gasteiger partial charge in [0.15, 0.2) is 0 Å². The van der Waals surface area contributed by atoms with E-state index in [0.717, 1.165) is 0 Å². The Labute approximate surface area is 538 Å². The van der Waals surface area contributed by atoms with Crippen LogP contribution in [0.2, 0.25) is 0 Å². The third-order valence-electron chi connectivity index (χ3n) is 2.94. The minimum absolute atomic E-state index is 0. The molecule has 0 aliphatic rings. The minimum Gasteiger partial charge on any atom is -0.238 e. The molecule has 0 unspecified atom stereocenters. The normalized spacial score (nSPS) is 7.05. The Kier molecular flexibility index (Phi) is 129. The Bertz CT molecular complexity index is 982. The minimum atomic E-state index is -0.159. The third kappa shape index (κ3) is 214. The average Bonchev–Trinajstić information content (AvgIpc) is 4.01. The van der Waals surface area contributed by atoms with Crippen molar-refractivity contribution in [3.05, 3.63) is 60.7 Å². The van der Waals surface area contributed by atoms with Gasteiger partial charge in [0.2, 0.25) is 0 Å². The van der Waals surface area contributed by atoms with Crippen molar-refractivity contribution in [1.29, 1.82) is 0 Å². The number of carbonyl (C=O) groups is 10. The van der Waals surface area contributed by atoms with Gasteiger partial charge >= 0.3 is 469 Å². The fourth-order valence-corrected chi connectivity index (χ4v) is 0.501. The van der Waals surface area contributed by atoms with Gasteiger partial charge in [0.05, 0.1) is 0 Å². The Morgan fingerprint density at radius 2 is 0.443 bits per heavy atom. The number of rotatable bonds is 0. The van der Waals surface area contributed by atoms with E-state index in [2.05, 4.69) is 50.7 Å². The molecule has 0 aliphatic carbocycles. The maximum Gasteiger partial charge on any atom is 0 e. The van der Waals surface area contributed by atoms with Crippen molar-refractivity contribution >= 4 is 59.7 Å². The number of hydrogen-bond acceptors (Lipinski definition) is 20. The molecule has 0 saturated carbocycles. The molecule has 0 aromatic heterocycles. The van der Waals surface area contributed by atoms with Gasteiger partial charge in [0.25, 0.3) is 0 Å². The number of hydrogen-bond donors (Lipinski definition) is 0. The van der Waals surface area contributed by atoms with Gasteiger partial charge < -0.3 is 0 Å². The molecule has 2 rings (SSSR count). The van der Waals surface area contributed by atoms with E-state index >= 15 is 0 Å². The predicted molar refractivity (Wildman–Crippen MR) is 157 cm³/mol. The zero-order valence-electron chi connectivity index (χ0n) is 36.1. The van der Waals surface area contributed by atoms with Crippen molar-refractivity contribution < 1.29 is 360 Å². The van der Waals surface area contributed by atoms with Crippen LogP contribution in [0, 0.1) is 24.3 Å². The molecule has 0 fully saturated rings. The van der Waals surface area contributed by atoms with Crippen LogP contribution in [0.1, 0.15) is 69.2 Å². The van der Waals surface area contributed by atoms with Crippen LogP contribution in [0.3, 0.4) is 0 Å². The maximum absolute atomic E-state index is 9.64. The summed E-state index contributed by atoms with van der Waals surface area (Å²) in [6, 6.07) is 22.0. The summed E-state index contributed by atoms with van der Waals surface area (Å²) in [6.45, 7) is 14.1. The summed E-state index contributed by atoms with van der Waals surface area (Å²) in [4.78, 5) is 96.4. The van der Waals surface area contributed by atoms with E-state index in [-0.39, 0.29) is 345 Å². The van der Waals surface area contributed by atoms with Crippen LogP contribution < -0.4 is 0 Å². The van der Waals surface area contributed by atoms with Crippen molar-refractivity contribution in [3.63, 3.8) is 0 Å². The summed E-state index contributed by atoms with van der Waals surface area (Å²) >= 11 is 1.94. The van der Waals surface area contributed by atoms with Gasteiger partial charge in [0, 0.05) is 19.5 Å². The Hall–Kier alpha value is 3.37. The SMILES string of the molecule is CC(=O)[O][Hg+].CC(=O)[O][Hg+].CC(=O)[O][Hg+].CC(=O)[O][Hg+].CC(=O)[O][Hg+].CC(=O)[O][Hg+].CC(=O)[O][Hg+].CC(=O)[O][Hg+].CC(=O)[O][Hg+].CC(=O)[O][Hg+].[Ru].[c]1[c][c][cH-][c]1.c1cc[cH-]c1. The second-order valence-corrected chi connectivity index (χ2v) is 19.2. The molecule has 0 N–H and O–H groups in total. The van der Waals surface area contributed by atoms with Crippen LogP contribution >= 0.6 is 0 Å². The standard InChI is InChI=1S/C5H5.C5H.10C2H4O2.10Hg.Ru/c2*1-2-4-5-3-1;10*1-2(3)4;;;;;;;;;;;/h1-5H;1H;10*1H3,(H,3,4);;;;;;;;;;;/q2*-1;;;;;;;;;;;10*+2;/p-10. The van der Waals surface area contributed by atoms with Crippen molar-refractivity contribution in [2.24, 2.45) is 0 Å². The van der Waals surface area contributed by atoms with Gasteiger partial charge in [-0.1, -0.05) is 0 Å². The molecule has 0 spiro atoms. The molecular weight excluding hydrogens is 2790 g/mol. The molecular formula is C30H36Hg10O20Ru+8. The van der Waals surface area contributed by atoms with Gasteiger partial charge in [-0.3, -0.25) is 0 Å². The molecule has 0 heterocycles. The second kappa shape index (κ2) is 86.5. The third-order valence-corrected chi connectivity index (χ3v) is 18.7. The van der Waals surface area contributed by atoms with E-state index in [0.29, 0.717) is 0 Å². The predicted octanol–water partition coefficient (Wildman–Crippen LogP) is 2.12. The van der Waals surface area contributed by atoms with Crippen LogP contribution in [0.5, 0.6) is 0 Å². The summed E-state index contributed by atoms with van der Waals surface area (Å²) < 4.78 is 43.1. The first kappa shape index (κ1) is 90.8. The summed E-state index contributed by atoms with van der Waals surface area (Å²) in [5.74, 6) is -1.59. The molecule has 0 saturated heterocycles.